The molecule has 1 fully saturated rings. The van der Waals surface area contributed by atoms with Gasteiger partial charge in [0.05, 0.1) is 37.2 Å². The molecule has 0 radical (unpaired) electrons. The average Bonchev–Trinajstić information content (AvgIpc) is 3.22. The van der Waals surface area contributed by atoms with E-state index < -0.39 is 6.10 Å². The molecule has 0 saturated carbocycles. The molecule has 150 valence electrons. The van der Waals surface area contributed by atoms with Crippen LogP contribution in [0.15, 0.2) is 24.3 Å². The number of hydroxylamine groups is 2. The van der Waals surface area contributed by atoms with Crippen LogP contribution in [-0.2, 0) is 15.0 Å². The maximum Gasteiger partial charge on any atom is 0.166 e. The van der Waals surface area contributed by atoms with Gasteiger partial charge in [-0.1, -0.05) is 25.1 Å². The molecule has 5 atom stereocenters. The molecule has 1 aromatic carbocycles. The summed E-state index contributed by atoms with van der Waals surface area (Å²) in [6.07, 6.45) is 6.16. The van der Waals surface area contributed by atoms with E-state index in [0.29, 0.717) is 25.2 Å². The van der Waals surface area contributed by atoms with Crippen molar-refractivity contribution in [3.05, 3.63) is 35.4 Å². The van der Waals surface area contributed by atoms with Gasteiger partial charge in [0, 0.05) is 24.9 Å². The zero-order valence-electron chi connectivity index (χ0n) is 16.4. The van der Waals surface area contributed by atoms with E-state index in [9.17, 15) is 9.90 Å². The first-order chi connectivity index (χ1) is 13.6. The van der Waals surface area contributed by atoms with E-state index in [2.05, 4.69) is 12.1 Å². The third kappa shape index (κ3) is 2.41. The van der Waals surface area contributed by atoms with Crippen LogP contribution in [0.5, 0.6) is 11.5 Å². The SMILES string of the molecule is CCCC(=O)C1CON2CC[C@@]34C=C[C@H](O)C[C@@H]3Oc3c(OC)ccc(c34)C12. The lowest BCUT2D eigenvalue weighted by molar-refractivity contribution is -0.134. The second-order valence-corrected chi connectivity index (χ2v) is 8.32. The van der Waals surface area contributed by atoms with Crippen molar-refractivity contribution in [2.24, 2.45) is 5.92 Å². The molecule has 0 aromatic heterocycles. The summed E-state index contributed by atoms with van der Waals surface area (Å²) in [5.41, 5.74) is 1.90. The maximum absolute atomic E-state index is 12.8. The van der Waals surface area contributed by atoms with Crippen molar-refractivity contribution in [1.29, 1.82) is 0 Å². The Morgan fingerprint density at radius 3 is 3.07 bits per heavy atom. The monoisotopic (exact) mass is 385 g/mol. The number of hydrogen-bond donors (Lipinski definition) is 1. The summed E-state index contributed by atoms with van der Waals surface area (Å²) in [5, 5.41) is 12.2. The Morgan fingerprint density at radius 1 is 1.43 bits per heavy atom. The van der Waals surface area contributed by atoms with Crippen LogP contribution in [0.25, 0.3) is 0 Å². The Balaban J connectivity index is 1.68. The van der Waals surface area contributed by atoms with Crippen LogP contribution in [-0.4, -0.2) is 48.4 Å². The summed E-state index contributed by atoms with van der Waals surface area (Å²) in [7, 11) is 1.65. The highest BCUT2D eigenvalue weighted by molar-refractivity contribution is 5.82. The molecule has 4 aliphatic rings. The summed E-state index contributed by atoms with van der Waals surface area (Å²) in [4.78, 5) is 18.8. The highest BCUT2D eigenvalue weighted by Crippen LogP contribution is 2.58. The van der Waals surface area contributed by atoms with Crippen molar-refractivity contribution >= 4 is 5.78 Å². The summed E-state index contributed by atoms with van der Waals surface area (Å²) in [6.45, 7) is 3.20. The van der Waals surface area contributed by atoms with Crippen molar-refractivity contribution in [3.8, 4) is 11.5 Å². The minimum atomic E-state index is -0.502. The number of fused-ring (bicyclic) bond motifs is 2. The molecule has 0 amide bonds. The van der Waals surface area contributed by atoms with Gasteiger partial charge in [0.15, 0.2) is 11.5 Å². The molecule has 3 aliphatic heterocycles. The van der Waals surface area contributed by atoms with E-state index in [0.717, 1.165) is 36.3 Å². The molecule has 5 rings (SSSR count). The molecule has 0 bridgehead atoms. The third-order valence-corrected chi connectivity index (χ3v) is 6.83. The molecule has 1 aliphatic carbocycles. The Hall–Kier alpha value is -1.89. The minimum absolute atomic E-state index is 0.0966. The predicted octanol–water partition coefficient (Wildman–Crippen LogP) is 2.69. The fraction of sp³-hybridized carbons (Fsp3) is 0.591. The number of aliphatic hydroxyl groups excluding tert-OH is 1. The van der Waals surface area contributed by atoms with Crippen molar-refractivity contribution in [2.75, 3.05) is 20.3 Å². The molecule has 6 heteroatoms. The number of ether oxygens (including phenoxy) is 2. The second kappa shape index (κ2) is 6.58. The van der Waals surface area contributed by atoms with Gasteiger partial charge in [0.1, 0.15) is 11.9 Å². The lowest BCUT2D eigenvalue weighted by Crippen LogP contribution is -2.42. The van der Waals surface area contributed by atoms with Gasteiger partial charge in [0.25, 0.3) is 0 Å². The molecular formula is C22H27NO5. The molecule has 3 heterocycles. The maximum atomic E-state index is 12.8. The van der Waals surface area contributed by atoms with Crippen LogP contribution in [0, 0.1) is 5.92 Å². The van der Waals surface area contributed by atoms with E-state index >= 15 is 0 Å². The number of hydrogen-bond acceptors (Lipinski definition) is 6. The third-order valence-electron chi connectivity index (χ3n) is 6.83. The van der Waals surface area contributed by atoms with E-state index in [1.165, 1.54) is 0 Å². The molecular weight excluding hydrogens is 358 g/mol. The zero-order valence-corrected chi connectivity index (χ0v) is 16.4. The Bertz CT molecular complexity index is 836. The molecule has 1 saturated heterocycles. The van der Waals surface area contributed by atoms with E-state index in [4.69, 9.17) is 14.3 Å². The molecule has 1 N–H and O–H groups in total. The van der Waals surface area contributed by atoms with E-state index in [1.807, 2.05) is 24.1 Å². The predicted molar refractivity (Wildman–Crippen MR) is 102 cm³/mol. The van der Waals surface area contributed by atoms with Crippen LogP contribution in [0.2, 0.25) is 0 Å². The van der Waals surface area contributed by atoms with Gasteiger partial charge in [0.2, 0.25) is 0 Å². The van der Waals surface area contributed by atoms with Gasteiger partial charge in [-0.3, -0.25) is 9.63 Å². The molecule has 28 heavy (non-hydrogen) atoms. The summed E-state index contributed by atoms with van der Waals surface area (Å²) in [6, 6.07) is 3.91. The first-order valence-electron chi connectivity index (χ1n) is 10.3. The Kier molecular flexibility index (Phi) is 4.27. The lowest BCUT2D eigenvalue weighted by Gasteiger charge is -2.35. The standard InChI is InChI=1S/C22H27NO5/c1-3-4-16(25)15-12-27-23-10-9-22-8-7-13(24)11-18(22)28-21-17(26-2)6-5-14(19(21)22)20(15)23/h5-8,13,15,18,20,24H,3-4,9-12H2,1-2H3/t13-,15?,18-,20?,22-/m0/s1. The number of carbonyl (C=O) groups excluding carboxylic acids is 1. The number of nitrogens with zero attached hydrogens (tertiary/aromatic N) is 1. The molecule has 2 unspecified atom stereocenters. The zero-order chi connectivity index (χ0) is 19.5. The van der Waals surface area contributed by atoms with Gasteiger partial charge >= 0.3 is 0 Å². The number of rotatable bonds is 4. The van der Waals surface area contributed by atoms with Crippen LogP contribution in [0.4, 0.5) is 0 Å². The first-order valence-corrected chi connectivity index (χ1v) is 10.3. The fourth-order valence-electron chi connectivity index (χ4n) is 5.51. The second-order valence-electron chi connectivity index (χ2n) is 8.32. The largest absolute Gasteiger partial charge is 0.493 e. The van der Waals surface area contributed by atoms with Crippen LogP contribution in [0.3, 0.4) is 0 Å². The smallest absolute Gasteiger partial charge is 0.166 e. The van der Waals surface area contributed by atoms with Gasteiger partial charge < -0.3 is 14.6 Å². The normalized spacial score (nSPS) is 35.5. The van der Waals surface area contributed by atoms with Gasteiger partial charge in [-0.05, 0) is 24.5 Å². The van der Waals surface area contributed by atoms with E-state index in [-0.39, 0.29) is 29.3 Å². The summed E-state index contributed by atoms with van der Waals surface area (Å²) in [5.74, 6) is 1.57. The number of carbonyl (C=O) groups is 1. The van der Waals surface area contributed by atoms with Gasteiger partial charge in [-0.2, -0.15) is 5.06 Å². The number of Topliss-reactive ketones (excluding diaryl/α,β-unsaturated/α-hetero) is 1. The number of ketones is 1. The van der Waals surface area contributed by atoms with Crippen LogP contribution in [0.1, 0.15) is 49.8 Å². The van der Waals surface area contributed by atoms with Crippen molar-refractivity contribution in [2.45, 2.75) is 56.3 Å². The minimum Gasteiger partial charge on any atom is -0.493 e. The first kappa shape index (κ1) is 18.2. The van der Waals surface area contributed by atoms with Gasteiger partial charge in [-0.15, -0.1) is 0 Å². The highest BCUT2D eigenvalue weighted by Gasteiger charge is 2.56. The number of methoxy groups -OCH3 is 1. The van der Waals surface area contributed by atoms with Crippen molar-refractivity contribution in [1.82, 2.24) is 5.06 Å². The van der Waals surface area contributed by atoms with E-state index in [1.54, 1.807) is 7.11 Å². The van der Waals surface area contributed by atoms with Crippen molar-refractivity contribution in [3.63, 3.8) is 0 Å². The summed E-state index contributed by atoms with van der Waals surface area (Å²) < 4.78 is 12.0. The van der Waals surface area contributed by atoms with Crippen molar-refractivity contribution < 1.29 is 24.2 Å². The Labute approximate surface area is 165 Å². The fourth-order valence-corrected chi connectivity index (χ4v) is 5.51. The number of benzene rings is 1. The lowest BCUT2D eigenvalue weighted by atomic mass is 9.68. The summed E-state index contributed by atoms with van der Waals surface area (Å²) >= 11 is 0. The Morgan fingerprint density at radius 2 is 2.29 bits per heavy atom. The molecule has 1 aromatic rings. The topological polar surface area (TPSA) is 68.2 Å². The average molecular weight is 385 g/mol. The van der Waals surface area contributed by atoms with Gasteiger partial charge in [-0.25, -0.2) is 0 Å². The molecule has 1 spiro atoms. The molecule has 6 nitrogen and oxygen atoms in total. The number of aliphatic hydroxyl groups is 1. The van der Waals surface area contributed by atoms with Crippen LogP contribution >= 0.6 is 0 Å². The quantitative estimate of drug-likeness (QED) is 0.804. The van der Waals surface area contributed by atoms with Crippen LogP contribution < -0.4 is 9.47 Å². The highest BCUT2D eigenvalue weighted by atomic mass is 16.7.